The second-order valence-electron chi connectivity index (χ2n) is 2.08. The van der Waals surface area contributed by atoms with E-state index in [0.29, 0.717) is 0 Å². The monoisotopic (exact) mass is 215 g/mol. The molecule has 0 aromatic heterocycles. The molecule has 0 aliphatic heterocycles. The number of rotatable bonds is 2. The Morgan fingerprint density at radius 1 is 1.43 bits per heavy atom. The molecule has 0 aliphatic rings. The fraction of sp³-hybridized carbons (Fsp3) is 0. The summed E-state index contributed by atoms with van der Waals surface area (Å²) in [6, 6.07) is 5.21. The molecule has 0 aliphatic carbocycles. The number of nitrogens with zero attached hydrogens (tertiary/aromatic N) is 1. The van der Waals surface area contributed by atoms with Gasteiger partial charge in [0.2, 0.25) is 0 Å². The molecule has 7 heteroatoms. The molecular weight excluding hydrogens is 208 g/mol. The third kappa shape index (κ3) is 4.23. The van der Waals surface area contributed by atoms with Crippen molar-refractivity contribution >= 4 is 11.7 Å². The van der Waals surface area contributed by atoms with Gasteiger partial charge in [-0.2, -0.15) is 0 Å². The first kappa shape index (κ1) is 16.7. The maximum absolute atomic E-state index is 10.4. The van der Waals surface area contributed by atoms with Crippen molar-refractivity contribution in [2.24, 2.45) is 0 Å². The average Bonchev–Trinajstić information content (AvgIpc) is 2.04. The number of aromatic carboxylic acids is 1. The molecular formula is C7H7KLiNO4. The van der Waals surface area contributed by atoms with Gasteiger partial charge in [0.05, 0.1) is 4.92 Å². The minimum absolute atomic E-state index is 0. The van der Waals surface area contributed by atoms with Crippen molar-refractivity contribution < 1.29 is 87.9 Å². The summed E-state index contributed by atoms with van der Waals surface area (Å²) in [5.41, 5.74) is -0.674. The average molecular weight is 215 g/mol. The van der Waals surface area contributed by atoms with E-state index in [1.54, 1.807) is 0 Å². The number of carboxylic acids is 1. The van der Waals surface area contributed by atoms with E-state index in [9.17, 15) is 14.9 Å². The van der Waals surface area contributed by atoms with Crippen LogP contribution in [0.2, 0.25) is 0 Å². The number of carboxylic acid groups (broad SMARTS) is 1. The Morgan fingerprint density at radius 2 is 1.93 bits per heavy atom. The first-order valence-corrected chi connectivity index (χ1v) is 3.09. The van der Waals surface area contributed by atoms with Crippen LogP contribution in [0.15, 0.2) is 24.3 Å². The number of hydrogen-bond acceptors (Lipinski definition) is 3. The molecule has 0 fully saturated rings. The molecule has 14 heavy (non-hydrogen) atoms. The number of benzene rings is 1. The van der Waals surface area contributed by atoms with E-state index in [1.807, 2.05) is 0 Å². The first-order chi connectivity index (χ1) is 5.63. The summed E-state index contributed by atoms with van der Waals surface area (Å²) >= 11 is 0. The van der Waals surface area contributed by atoms with Gasteiger partial charge in [0.15, 0.2) is 0 Å². The van der Waals surface area contributed by atoms with Crippen LogP contribution in [0.5, 0.6) is 0 Å². The molecule has 0 atom stereocenters. The molecule has 5 nitrogen and oxygen atoms in total. The zero-order valence-corrected chi connectivity index (χ0v) is 11.1. The maximum atomic E-state index is 10.4. The summed E-state index contributed by atoms with van der Waals surface area (Å²) in [4.78, 5) is 20.0. The van der Waals surface area contributed by atoms with Crippen LogP contribution in [0.25, 0.3) is 0 Å². The van der Waals surface area contributed by atoms with Gasteiger partial charge in [-0.05, 0) is 6.07 Å². The molecule has 0 saturated heterocycles. The van der Waals surface area contributed by atoms with Gasteiger partial charge < -0.3 is 7.96 Å². The van der Waals surface area contributed by atoms with Crippen LogP contribution in [0.3, 0.4) is 0 Å². The van der Waals surface area contributed by atoms with E-state index >= 15 is 0 Å². The van der Waals surface area contributed by atoms with Crippen LogP contribution in [0, 0.1) is 10.1 Å². The third-order valence-electron chi connectivity index (χ3n) is 1.33. The number of nitro benzene ring substituents is 1. The zero-order valence-electron chi connectivity index (χ0n) is 9.93. The van der Waals surface area contributed by atoms with Crippen LogP contribution in [-0.4, -0.2) is 16.0 Å². The van der Waals surface area contributed by atoms with Crippen molar-refractivity contribution in [3.63, 3.8) is 0 Å². The van der Waals surface area contributed by atoms with Crippen LogP contribution < -0.4 is 70.2 Å². The van der Waals surface area contributed by atoms with E-state index in [-0.39, 0.29) is 84.3 Å². The summed E-state index contributed by atoms with van der Waals surface area (Å²) in [5, 5.41) is 18.8. The standard InChI is InChI=1S/C7H5NO4.K.Li.2H/c9-7(10)5-3-1-2-4-6(5)8(11)12;;;;/h1-4H,(H,9,10);;;;/q;2*+1;2*-1. The molecule has 1 rings (SSSR count). The predicted molar refractivity (Wildman–Crippen MR) is 42.3 cm³/mol. The van der Waals surface area contributed by atoms with Gasteiger partial charge in [0.25, 0.3) is 5.69 Å². The van der Waals surface area contributed by atoms with Crippen LogP contribution >= 0.6 is 0 Å². The smallest absolute Gasteiger partial charge is 1.00 e. The second kappa shape index (κ2) is 7.59. The number of para-hydroxylation sites is 1. The number of carbonyl (C=O) groups is 1. The van der Waals surface area contributed by atoms with Gasteiger partial charge >= 0.3 is 76.2 Å². The van der Waals surface area contributed by atoms with E-state index in [4.69, 9.17) is 5.11 Å². The molecule has 1 aromatic rings. The van der Waals surface area contributed by atoms with Crippen molar-refractivity contribution in [2.45, 2.75) is 0 Å². The number of nitro groups is 1. The second-order valence-corrected chi connectivity index (χ2v) is 2.08. The third-order valence-corrected chi connectivity index (χ3v) is 1.33. The molecule has 0 heterocycles. The van der Waals surface area contributed by atoms with Crippen molar-refractivity contribution in [1.82, 2.24) is 0 Å². The summed E-state index contributed by atoms with van der Waals surface area (Å²) in [6.45, 7) is 0. The summed E-state index contributed by atoms with van der Waals surface area (Å²) in [5.74, 6) is -1.29. The fourth-order valence-corrected chi connectivity index (χ4v) is 0.814. The topological polar surface area (TPSA) is 80.4 Å². The van der Waals surface area contributed by atoms with Gasteiger partial charge in [-0.3, -0.25) is 10.1 Å². The molecule has 66 valence electrons. The Hall–Kier alpha value is 0.324. The van der Waals surface area contributed by atoms with Crippen molar-refractivity contribution in [2.75, 3.05) is 0 Å². The number of hydrogen-bond donors (Lipinski definition) is 1. The summed E-state index contributed by atoms with van der Waals surface area (Å²) < 4.78 is 0. The first-order valence-electron chi connectivity index (χ1n) is 3.09. The minimum Gasteiger partial charge on any atom is -1.00 e. The molecule has 1 N–H and O–H groups in total. The Bertz CT molecular complexity index is 320. The largest absolute Gasteiger partial charge is 1.00 e. The van der Waals surface area contributed by atoms with Gasteiger partial charge in [0.1, 0.15) is 5.56 Å². The van der Waals surface area contributed by atoms with Crippen LogP contribution in [0.4, 0.5) is 5.69 Å². The van der Waals surface area contributed by atoms with Crippen molar-refractivity contribution in [1.29, 1.82) is 0 Å². The molecule has 0 radical (unpaired) electrons. The summed E-state index contributed by atoms with van der Waals surface area (Å²) in [6.07, 6.45) is 0. The Kier molecular flexibility index (Phi) is 9.08. The predicted octanol–water partition coefficient (Wildman–Crippen LogP) is -4.47. The molecule has 0 unspecified atom stereocenters. The van der Waals surface area contributed by atoms with Gasteiger partial charge in [0, 0.05) is 6.07 Å². The molecule has 1 aromatic carbocycles. The van der Waals surface area contributed by atoms with E-state index < -0.39 is 10.9 Å². The van der Waals surface area contributed by atoms with E-state index in [1.165, 1.54) is 18.2 Å². The summed E-state index contributed by atoms with van der Waals surface area (Å²) in [7, 11) is 0. The normalized spacial score (nSPS) is 8.00. The van der Waals surface area contributed by atoms with E-state index in [2.05, 4.69) is 0 Å². The van der Waals surface area contributed by atoms with Crippen LogP contribution in [0.1, 0.15) is 13.2 Å². The molecule has 0 spiro atoms. The van der Waals surface area contributed by atoms with Crippen molar-refractivity contribution in [3.8, 4) is 0 Å². The molecule has 0 amide bonds. The van der Waals surface area contributed by atoms with Crippen LogP contribution in [-0.2, 0) is 0 Å². The maximum Gasteiger partial charge on any atom is 1.00 e. The Labute approximate surface area is 138 Å². The molecule has 0 saturated carbocycles. The van der Waals surface area contributed by atoms with Gasteiger partial charge in [-0.15, -0.1) is 0 Å². The van der Waals surface area contributed by atoms with Crippen molar-refractivity contribution in [3.05, 3.63) is 39.9 Å². The zero-order chi connectivity index (χ0) is 9.14. The van der Waals surface area contributed by atoms with Gasteiger partial charge in [-0.1, -0.05) is 12.1 Å². The van der Waals surface area contributed by atoms with Gasteiger partial charge in [-0.25, -0.2) is 4.79 Å². The Balaban J connectivity index is -0.000000180. The quantitative estimate of drug-likeness (QED) is 0.306. The minimum atomic E-state index is -1.29. The Morgan fingerprint density at radius 3 is 2.29 bits per heavy atom. The van der Waals surface area contributed by atoms with E-state index in [0.717, 1.165) is 6.07 Å². The fourth-order valence-electron chi connectivity index (χ4n) is 0.814. The SMILES string of the molecule is O=C(O)c1ccccc1[N+](=O)[O-].[H-].[H-].[K+].[Li+]. The molecule has 0 bridgehead atoms.